The fraction of sp³-hybridized carbons (Fsp3) is 0.238. The van der Waals surface area contributed by atoms with Crippen LogP contribution in [0.1, 0.15) is 5.56 Å². The van der Waals surface area contributed by atoms with Crippen molar-refractivity contribution in [3.8, 4) is 17.2 Å². The molecule has 0 bridgehead atoms. The predicted octanol–water partition coefficient (Wildman–Crippen LogP) is 1.66. The van der Waals surface area contributed by atoms with Gasteiger partial charge in [0.2, 0.25) is 11.6 Å². The quantitative estimate of drug-likeness (QED) is 0.527. The van der Waals surface area contributed by atoms with Crippen LogP contribution in [0.4, 0.5) is 11.6 Å². The molecule has 8 heteroatoms. The summed E-state index contributed by atoms with van der Waals surface area (Å²) in [5.41, 5.74) is 10.4. The number of hydrogen-bond acceptors (Lipinski definition) is 6. The molecule has 4 aromatic rings. The highest BCUT2D eigenvalue weighted by atomic mass is 16.5. The maximum absolute atomic E-state index is 9.80. The Kier molecular flexibility index (Phi) is 4.03. The molecule has 1 aliphatic heterocycles. The third-order valence-corrected chi connectivity index (χ3v) is 5.41. The summed E-state index contributed by atoms with van der Waals surface area (Å²) >= 11 is 0. The summed E-state index contributed by atoms with van der Waals surface area (Å²) in [5, 5.41) is 15.3. The Morgan fingerprint density at radius 1 is 1.21 bits per heavy atom. The highest BCUT2D eigenvalue weighted by Crippen LogP contribution is 2.30. The second kappa shape index (κ2) is 6.72. The summed E-state index contributed by atoms with van der Waals surface area (Å²) in [6, 6.07) is 12.4. The van der Waals surface area contributed by atoms with Gasteiger partial charge < -0.3 is 10.5 Å². The maximum Gasteiger partial charge on any atom is 0.264 e. The van der Waals surface area contributed by atoms with Gasteiger partial charge in [-0.25, -0.2) is 4.57 Å². The van der Waals surface area contributed by atoms with E-state index in [4.69, 9.17) is 10.5 Å². The van der Waals surface area contributed by atoms with Crippen molar-refractivity contribution in [2.24, 2.45) is 7.05 Å². The van der Waals surface area contributed by atoms with Crippen LogP contribution in [0, 0.1) is 11.3 Å². The van der Waals surface area contributed by atoms with Gasteiger partial charge >= 0.3 is 0 Å². The molecule has 1 saturated heterocycles. The molecule has 29 heavy (non-hydrogen) atoms. The Bertz CT molecular complexity index is 1280. The van der Waals surface area contributed by atoms with Crippen molar-refractivity contribution < 1.29 is 9.30 Å². The molecule has 0 radical (unpaired) electrons. The molecule has 5 rings (SSSR count). The van der Waals surface area contributed by atoms with E-state index < -0.39 is 0 Å². The van der Waals surface area contributed by atoms with Crippen LogP contribution in [0.15, 0.2) is 42.7 Å². The number of fused-ring (bicyclic) bond motifs is 2. The molecule has 0 saturated carbocycles. The molecule has 2 N–H and O–H groups in total. The number of rotatable bonds is 2. The van der Waals surface area contributed by atoms with E-state index >= 15 is 0 Å². The molecule has 0 atom stereocenters. The first-order valence-corrected chi connectivity index (χ1v) is 9.46. The number of nitrogens with zero attached hydrogens (tertiary/aromatic N) is 6. The Hall–Kier alpha value is -3.70. The molecular formula is C21H20N7O+. The lowest BCUT2D eigenvalue weighted by Gasteiger charge is -2.26. The molecule has 4 heterocycles. The minimum atomic E-state index is 0.335. The number of ether oxygens (including phenoxy) is 1. The van der Waals surface area contributed by atoms with Crippen LogP contribution < -0.4 is 15.2 Å². The lowest BCUT2D eigenvalue weighted by atomic mass is 10.1. The van der Waals surface area contributed by atoms with E-state index in [1.807, 2.05) is 42.1 Å². The summed E-state index contributed by atoms with van der Waals surface area (Å²) < 4.78 is 9.11. The molecule has 1 aliphatic rings. The van der Waals surface area contributed by atoms with E-state index in [-0.39, 0.29) is 0 Å². The third kappa shape index (κ3) is 2.67. The van der Waals surface area contributed by atoms with Crippen LogP contribution in [0.5, 0.6) is 0 Å². The van der Waals surface area contributed by atoms with Crippen LogP contribution in [-0.4, -0.2) is 40.9 Å². The predicted molar refractivity (Wildman–Crippen MR) is 109 cm³/mol. The fourth-order valence-corrected chi connectivity index (χ4v) is 4.00. The van der Waals surface area contributed by atoms with E-state index in [0.29, 0.717) is 37.7 Å². The second-order valence-electron chi connectivity index (χ2n) is 7.06. The first-order valence-electron chi connectivity index (χ1n) is 9.46. The van der Waals surface area contributed by atoms with Crippen molar-refractivity contribution in [3.05, 3.63) is 48.3 Å². The van der Waals surface area contributed by atoms with Crippen LogP contribution in [0.25, 0.3) is 27.7 Å². The van der Waals surface area contributed by atoms with Crippen molar-refractivity contribution >= 4 is 28.2 Å². The first kappa shape index (κ1) is 17.4. The standard InChI is InChI=1S/C21H19N7O/c1-26-20(27-6-8-29-9-7-27)16(11-22)19(23)28-21(26)17(13-25-28)15-10-14-4-2-3-5-18(14)24-12-15/h2-5,10,12-13,23H,6-9H2,1H3/p+1. The lowest BCUT2D eigenvalue weighted by molar-refractivity contribution is -0.635. The van der Waals surface area contributed by atoms with Crippen molar-refractivity contribution in [1.82, 2.24) is 14.6 Å². The van der Waals surface area contributed by atoms with Gasteiger partial charge in [0, 0.05) is 17.1 Å². The second-order valence-corrected chi connectivity index (χ2v) is 7.06. The number of benzene rings is 1. The number of nitrogen functional groups attached to an aromatic ring is 1. The van der Waals surface area contributed by atoms with Gasteiger partial charge in [-0.05, 0) is 12.1 Å². The molecule has 0 spiro atoms. The van der Waals surface area contributed by atoms with Gasteiger partial charge in [0.05, 0.1) is 50.6 Å². The monoisotopic (exact) mass is 386 g/mol. The van der Waals surface area contributed by atoms with E-state index in [2.05, 4.69) is 27.1 Å². The van der Waals surface area contributed by atoms with Crippen molar-refractivity contribution in [1.29, 1.82) is 5.26 Å². The lowest BCUT2D eigenvalue weighted by Crippen LogP contribution is -2.47. The number of pyridine rings is 1. The van der Waals surface area contributed by atoms with Crippen molar-refractivity contribution in [3.63, 3.8) is 0 Å². The van der Waals surface area contributed by atoms with E-state index in [9.17, 15) is 5.26 Å². The highest BCUT2D eigenvalue weighted by molar-refractivity contribution is 5.86. The van der Waals surface area contributed by atoms with Gasteiger partial charge in [0.25, 0.3) is 5.65 Å². The first-order chi connectivity index (χ1) is 14.2. The SMILES string of the molecule is C[n+]1c(N2CCOCC2)c(C#N)c(N)n2ncc(-c3cnc4ccccc4c3)c21. The molecule has 8 nitrogen and oxygen atoms in total. The zero-order valence-corrected chi connectivity index (χ0v) is 16.0. The topological polar surface area (TPSA) is 96.3 Å². The van der Waals surface area contributed by atoms with Gasteiger partial charge in [0.15, 0.2) is 5.56 Å². The number of aromatic nitrogens is 4. The molecule has 144 valence electrons. The minimum absolute atomic E-state index is 0.335. The van der Waals surface area contributed by atoms with Gasteiger partial charge in [-0.3, -0.25) is 9.88 Å². The van der Waals surface area contributed by atoms with Crippen molar-refractivity contribution in [2.45, 2.75) is 0 Å². The van der Waals surface area contributed by atoms with Crippen LogP contribution in [0.2, 0.25) is 0 Å². The summed E-state index contributed by atoms with van der Waals surface area (Å²) in [5.74, 6) is 1.12. The molecule has 1 fully saturated rings. The average molecular weight is 386 g/mol. The molecule has 0 unspecified atom stereocenters. The summed E-state index contributed by atoms with van der Waals surface area (Å²) in [6.45, 7) is 2.66. The summed E-state index contributed by atoms with van der Waals surface area (Å²) in [6.07, 6.45) is 3.63. The van der Waals surface area contributed by atoms with Gasteiger partial charge in [0.1, 0.15) is 6.07 Å². The number of nitrogens with two attached hydrogens (primary N) is 1. The highest BCUT2D eigenvalue weighted by Gasteiger charge is 2.31. The third-order valence-electron chi connectivity index (χ3n) is 5.41. The Labute approximate surface area is 167 Å². The number of aryl methyl sites for hydroxylation is 1. The molecule has 3 aromatic heterocycles. The molecule has 0 amide bonds. The summed E-state index contributed by atoms with van der Waals surface area (Å²) in [4.78, 5) is 6.73. The van der Waals surface area contributed by atoms with Crippen molar-refractivity contribution in [2.75, 3.05) is 36.9 Å². The Balaban J connectivity index is 1.77. The number of nitriles is 1. The Morgan fingerprint density at radius 3 is 2.79 bits per heavy atom. The minimum Gasteiger partial charge on any atom is -0.375 e. The largest absolute Gasteiger partial charge is 0.375 e. The van der Waals surface area contributed by atoms with Crippen LogP contribution in [-0.2, 0) is 11.8 Å². The van der Waals surface area contributed by atoms with Gasteiger partial charge in [-0.1, -0.05) is 18.2 Å². The fourth-order valence-electron chi connectivity index (χ4n) is 4.00. The number of para-hydroxylation sites is 1. The van der Waals surface area contributed by atoms with E-state index in [1.54, 1.807) is 10.7 Å². The normalized spacial score (nSPS) is 14.4. The zero-order valence-electron chi connectivity index (χ0n) is 16.0. The number of anilines is 2. The summed E-state index contributed by atoms with van der Waals surface area (Å²) in [7, 11) is 1.94. The van der Waals surface area contributed by atoms with Crippen LogP contribution in [0.3, 0.4) is 0 Å². The van der Waals surface area contributed by atoms with Crippen LogP contribution >= 0.6 is 0 Å². The van der Waals surface area contributed by atoms with Gasteiger partial charge in [-0.2, -0.15) is 5.26 Å². The smallest absolute Gasteiger partial charge is 0.264 e. The number of hydrogen-bond donors (Lipinski definition) is 1. The van der Waals surface area contributed by atoms with E-state index in [1.165, 1.54) is 0 Å². The maximum atomic E-state index is 9.80. The average Bonchev–Trinajstić information content (AvgIpc) is 3.22. The van der Waals surface area contributed by atoms with E-state index in [0.717, 1.165) is 33.5 Å². The number of morpholine rings is 1. The Morgan fingerprint density at radius 2 is 2.00 bits per heavy atom. The molecule has 0 aliphatic carbocycles. The molecular weight excluding hydrogens is 366 g/mol. The van der Waals surface area contributed by atoms with Gasteiger partial charge in [-0.15, -0.1) is 9.61 Å². The molecule has 1 aromatic carbocycles. The zero-order chi connectivity index (χ0) is 20.0.